The van der Waals surface area contributed by atoms with Crippen LogP contribution in [0.5, 0.6) is 0 Å². The van der Waals surface area contributed by atoms with E-state index in [0.717, 1.165) is 64.5 Å². The van der Waals surface area contributed by atoms with Crippen LogP contribution < -0.4 is 0 Å². The Morgan fingerprint density at radius 3 is 2.23 bits per heavy atom. The molecule has 3 heterocycles. The largest absolute Gasteiger partial charge is 0.387 e. The van der Waals surface area contributed by atoms with Crippen molar-refractivity contribution in [2.24, 2.45) is 0 Å². The molecule has 162 valence electrons. The van der Waals surface area contributed by atoms with Gasteiger partial charge in [0.15, 0.2) is 0 Å². The molecular formula is C23H32N4O2S. The van der Waals surface area contributed by atoms with Gasteiger partial charge < -0.3 is 10.0 Å². The lowest BCUT2D eigenvalue weighted by molar-refractivity contribution is -0.134. The molecule has 2 aliphatic heterocycles. The lowest BCUT2D eigenvalue weighted by Gasteiger charge is -2.38. The van der Waals surface area contributed by atoms with Crippen molar-refractivity contribution in [2.45, 2.75) is 12.6 Å². The summed E-state index contributed by atoms with van der Waals surface area (Å²) in [4.78, 5) is 21.8. The Morgan fingerprint density at radius 2 is 1.57 bits per heavy atom. The highest BCUT2D eigenvalue weighted by atomic mass is 32.1. The van der Waals surface area contributed by atoms with Gasteiger partial charge in [-0.2, -0.15) is 11.3 Å². The molecule has 0 spiro atoms. The van der Waals surface area contributed by atoms with Crippen LogP contribution in [0.2, 0.25) is 0 Å². The molecule has 1 unspecified atom stereocenters. The number of hydrogen-bond donors (Lipinski definition) is 1. The number of hydrogen-bond acceptors (Lipinski definition) is 6. The summed E-state index contributed by atoms with van der Waals surface area (Å²) in [7, 11) is 0. The Labute approximate surface area is 183 Å². The molecule has 0 bridgehead atoms. The smallest absolute Gasteiger partial charge is 0.236 e. The number of benzene rings is 1. The number of piperazine rings is 2. The highest BCUT2D eigenvalue weighted by Crippen LogP contribution is 2.15. The van der Waals surface area contributed by atoms with Crippen molar-refractivity contribution >= 4 is 17.2 Å². The Kier molecular flexibility index (Phi) is 7.52. The number of aliphatic hydroxyl groups excluding tert-OH is 1. The van der Waals surface area contributed by atoms with Crippen molar-refractivity contribution in [3.8, 4) is 0 Å². The maximum absolute atomic E-state index is 12.7. The molecule has 1 amide bonds. The number of amides is 1. The minimum atomic E-state index is -0.454. The summed E-state index contributed by atoms with van der Waals surface area (Å²) >= 11 is 1.74. The first-order valence-electron chi connectivity index (χ1n) is 10.9. The van der Waals surface area contributed by atoms with E-state index >= 15 is 0 Å². The SMILES string of the molecule is O=C(CN1CCN(CC(O)c2ccccc2)CC1)N1CCN(Cc2ccsc2)CC1. The van der Waals surface area contributed by atoms with Gasteiger partial charge in [0.2, 0.25) is 5.91 Å². The molecule has 2 aromatic rings. The molecule has 30 heavy (non-hydrogen) atoms. The Hall–Kier alpha value is -1.77. The molecule has 2 saturated heterocycles. The number of rotatable bonds is 7. The third-order valence-corrected chi connectivity index (χ3v) is 6.88. The lowest BCUT2D eigenvalue weighted by atomic mass is 10.1. The van der Waals surface area contributed by atoms with Gasteiger partial charge in [0.05, 0.1) is 12.6 Å². The van der Waals surface area contributed by atoms with E-state index in [9.17, 15) is 9.90 Å². The third-order valence-electron chi connectivity index (χ3n) is 6.15. The summed E-state index contributed by atoms with van der Waals surface area (Å²) in [6, 6.07) is 12.0. The molecule has 0 aliphatic carbocycles. The Morgan fingerprint density at radius 1 is 0.900 bits per heavy atom. The van der Waals surface area contributed by atoms with Crippen LogP contribution in [0.15, 0.2) is 47.2 Å². The fraction of sp³-hybridized carbons (Fsp3) is 0.522. The minimum absolute atomic E-state index is 0.253. The summed E-state index contributed by atoms with van der Waals surface area (Å²) in [5.74, 6) is 0.253. The second-order valence-corrected chi connectivity index (χ2v) is 9.07. The zero-order valence-corrected chi connectivity index (χ0v) is 18.3. The maximum Gasteiger partial charge on any atom is 0.236 e. The van der Waals surface area contributed by atoms with Gasteiger partial charge in [-0.15, -0.1) is 0 Å². The van der Waals surface area contributed by atoms with Crippen LogP contribution in [0, 0.1) is 0 Å². The second-order valence-electron chi connectivity index (χ2n) is 8.29. The molecule has 0 radical (unpaired) electrons. The van der Waals surface area contributed by atoms with E-state index in [4.69, 9.17) is 0 Å². The monoisotopic (exact) mass is 428 g/mol. The lowest BCUT2D eigenvalue weighted by Crippen LogP contribution is -2.53. The van der Waals surface area contributed by atoms with Gasteiger partial charge in [-0.05, 0) is 28.0 Å². The van der Waals surface area contributed by atoms with Crippen LogP contribution in [0.1, 0.15) is 17.2 Å². The fourth-order valence-corrected chi connectivity index (χ4v) is 4.90. The van der Waals surface area contributed by atoms with E-state index in [1.807, 2.05) is 35.2 Å². The van der Waals surface area contributed by atoms with E-state index < -0.39 is 6.10 Å². The van der Waals surface area contributed by atoms with Crippen molar-refractivity contribution in [3.63, 3.8) is 0 Å². The van der Waals surface area contributed by atoms with E-state index in [0.29, 0.717) is 13.1 Å². The highest BCUT2D eigenvalue weighted by molar-refractivity contribution is 7.07. The minimum Gasteiger partial charge on any atom is -0.387 e. The molecule has 1 N–H and O–H groups in total. The van der Waals surface area contributed by atoms with Gasteiger partial charge in [-0.3, -0.25) is 19.5 Å². The number of β-amino-alcohol motifs (C(OH)–C–C–N with tert-alkyl or cyclic N) is 1. The molecule has 7 heteroatoms. The third kappa shape index (κ3) is 5.89. The van der Waals surface area contributed by atoms with Gasteiger partial charge in [-0.1, -0.05) is 30.3 Å². The van der Waals surface area contributed by atoms with Crippen molar-refractivity contribution in [1.29, 1.82) is 0 Å². The summed E-state index contributed by atoms with van der Waals surface area (Å²) in [5, 5.41) is 14.8. The molecular weight excluding hydrogens is 396 g/mol. The molecule has 1 aromatic carbocycles. The van der Waals surface area contributed by atoms with Gasteiger partial charge in [0.25, 0.3) is 0 Å². The van der Waals surface area contributed by atoms with E-state index in [-0.39, 0.29) is 5.91 Å². The normalized spacial score (nSPS) is 20.4. The van der Waals surface area contributed by atoms with E-state index in [1.165, 1.54) is 5.56 Å². The van der Waals surface area contributed by atoms with Crippen LogP contribution in [-0.4, -0.2) is 96.1 Å². The number of aliphatic hydroxyl groups is 1. The van der Waals surface area contributed by atoms with Gasteiger partial charge >= 0.3 is 0 Å². The Balaban J connectivity index is 1.15. The molecule has 6 nitrogen and oxygen atoms in total. The van der Waals surface area contributed by atoms with Crippen LogP contribution in [0.4, 0.5) is 0 Å². The quantitative estimate of drug-likeness (QED) is 0.728. The number of nitrogens with zero attached hydrogens (tertiary/aromatic N) is 4. The summed E-state index contributed by atoms with van der Waals surface area (Å²) in [6.07, 6.45) is -0.454. The van der Waals surface area contributed by atoms with Crippen LogP contribution in [0.3, 0.4) is 0 Å². The molecule has 2 aliphatic rings. The average molecular weight is 429 g/mol. The molecule has 2 fully saturated rings. The van der Waals surface area contributed by atoms with Crippen molar-refractivity contribution in [2.75, 3.05) is 65.4 Å². The van der Waals surface area contributed by atoms with Crippen molar-refractivity contribution in [3.05, 3.63) is 58.3 Å². The zero-order valence-electron chi connectivity index (χ0n) is 17.5. The first-order chi connectivity index (χ1) is 14.7. The standard InChI is InChI=1S/C23H32N4O2S/c28-22(21-4-2-1-3-5-21)17-25-7-9-26(10-8-25)18-23(29)27-13-11-24(12-14-27)16-20-6-15-30-19-20/h1-6,15,19,22,28H,7-14,16-18H2. The predicted molar refractivity (Wildman–Crippen MR) is 120 cm³/mol. The van der Waals surface area contributed by atoms with Crippen LogP contribution in [0.25, 0.3) is 0 Å². The van der Waals surface area contributed by atoms with E-state index in [2.05, 4.69) is 31.5 Å². The van der Waals surface area contributed by atoms with Crippen LogP contribution >= 0.6 is 11.3 Å². The maximum atomic E-state index is 12.7. The van der Waals surface area contributed by atoms with Gasteiger partial charge in [-0.25, -0.2) is 0 Å². The van der Waals surface area contributed by atoms with E-state index in [1.54, 1.807) is 11.3 Å². The first kappa shape index (κ1) is 21.5. The van der Waals surface area contributed by atoms with Crippen LogP contribution in [-0.2, 0) is 11.3 Å². The fourth-order valence-electron chi connectivity index (χ4n) is 4.24. The second kappa shape index (κ2) is 10.5. The number of carbonyl (C=O) groups is 1. The van der Waals surface area contributed by atoms with Crippen molar-refractivity contribution in [1.82, 2.24) is 19.6 Å². The summed E-state index contributed by atoms with van der Waals surface area (Å²) in [5.41, 5.74) is 2.34. The predicted octanol–water partition coefficient (Wildman–Crippen LogP) is 1.74. The number of thiophene rings is 1. The average Bonchev–Trinajstić information content (AvgIpc) is 3.29. The van der Waals surface area contributed by atoms with Gasteiger partial charge in [0.1, 0.15) is 0 Å². The summed E-state index contributed by atoms with van der Waals surface area (Å²) < 4.78 is 0. The molecule has 0 saturated carbocycles. The highest BCUT2D eigenvalue weighted by Gasteiger charge is 2.25. The van der Waals surface area contributed by atoms with Gasteiger partial charge in [0, 0.05) is 65.4 Å². The van der Waals surface area contributed by atoms with Crippen molar-refractivity contribution < 1.29 is 9.90 Å². The topological polar surface area (TPSA) is 50.3 Å². The zero-order chi connectivity index (χ0) is 20.8. The summed E-state index contributed by atoms with van der Waals surface area (Å²) in [6.45, 7) is 9.26. The molecule has 1 aromatic heterocycles. The number of carbonyl (C=O) groups excluding carboxylic acids is 1. The first-order valence-corrected chi connectivity index (χ1v) is 11.8. The molecule has 1 atom stereocenters. The Bertz CT molecular complexity index is 770. The molecule has 4 rings (SSSR count).